The van der Waals surface area contributed by atoms with Crippen molar-refractivity contribution in [3.05, 3.63) is 40.7 Å². The number of aromatic nitrogens is 2. The third-order valence-electron chi connectivity index (χ3n) is 2.59. The summed E-state index contributed by atoms with van der Waals surface area (Å²) in [5.74, 6) is 0.739. The molecule has 0 spiro atoms. The summed E-state index contributed by atoms with van der Waals surface area (Å²) < 4.78 is 6.95. The van der Waals surface area contributed by atoms with Gasteiger partial charge in [-0.2, -0.15) is 10.5 Å². The average Bonchev–Trinajstić information content (AvgIpc) is 2.75. The van der Waals surface area contributed by atoms with Gasteiger partial charge in [0.15, 0.2) is 11.4 Å². The Morgan fingerprint density at radius 1 is 1.35 bits per heavy atom. The van der Waals surface area contributed by atoms with Crippen LogP contribution in [0, 0.1) is 22.7 Å². The van der Waals surface area contributed by atoms with Crippen LogP contribution in [-0.2, 0) is 6.54 Å². The molecule has 1 heterocycles. The predicted octanol–water partition coefficient (Wildman–Crippen LogP) is 1.94. The Bertz CT molecular complexity index is 711. The van der Waals surface area contributed by atoms with E-state index < -0.39 is 0 Å². The number of hydrogen-bond donors (Lipinski definition) is 1. The van der Waals surface area contributed by atoms with Gasteiger partial charge in [0, 0.05) is 5.02 Å². The molecule has 7 heteroatoms. The fourth-order valence-corrected chi connectivity index (χ4v) is 1.88. The van der Waals surface area contributed by atoms with Crippen LogP contribution >= 0.6 is 11.6 Å². The zero-order valence-corrected chi connectivity index (χ0v) is 11.1. The van der Waals surface area contributed by atoms with Gasteiger partial charge in [0.25, 0.3) is 0 Å². The molecule has 100 valence electrons. The van der Waals surface area contributed by atoms with Gasteiger partial charge in [-0.15, -0.1) is 0 Å². The van der Waals surface area contributed by atoms with Crippen LogP contribution in [0.3, 0.4) is 0 Å². The quantitative estimate of drug-likeness (QED) is 0.926. The molecule has 0 fully saturated rings. The molecule has 2 rings (SSSR count). The van der Waals surface area contributed by atoms with Crippen molar-refractivity contribution in [3.8, 4) is 17.9 Å². The highest BCUT2D eigenvalue weighted by atomic mass is 35.5. The van der Waals surface area contributed by atoms with Gasteiger partial charge in [0.2, 0.25) is 5.95 Å². The van der Waals surface area contributed by atoms with Crippen LogP contribution in [0.1, 0.15) is 11.4 Å². The van der Waals surface area contributed by atoms with Crippen molar-refractivity contribution in [2.75, 3.05) is 12.3 Å². The van der Waals surface area contributed by atoms with E-state index in [0.717, 1.165) is 0 Å². The van der Waals surface area contributed by atoms with Crippen molar-refractivity contribution in [1.29, 1.82) is 10.5 Å². The molecule has 0 aliphatic rings. The van der Waals surface area contributed by atoms with Gasteiger partial charge < -0.3 is 10.5 Å². The molecular formula is C13H10ClN5O. The van der Waals surface area contributed by atoms with Crippen LogP contribution in [0.15, 0.2) is 24.3 Å². The first-order chi connectivity index (χ1) is 9.65. The highest BCUT2D eigenvalue weighted by Crippen LogP contribution is 2.17. The topological polar surface area (TPSA) is 101 Å². The van der Waals surface area contributed by atoms with E-state index >= 15 is 0 Å². The number of imidazole rings is 1. The van der Waals surface area contributed by atoms with Crippen molar-refractivity contribution in [1.82, 2.24) is 9.55 Å². The summed E-state index contributed by atoms with van der Waals surface area (Å²) in [6.45, 7) is 0.594. The van der Waals surface area contributed by atoms with Gasteiger partial charge in [0.05, 0.1) is 6.54 Å². The maximum absolute atomic E-state index is 9.02. The predicted molar refractivity (Wildman–Crippen MR) is 73.0 cm³/mol. The van der Waals surface area contributed by atoms with E-state index in [9.17, 15) is 0 Å². The number of anilines is 1. The summed E-state index contributed by atoms with van der Waals surface area (Å²) in [5.41, 5.74) is 5.83. The Kier molecular flexibility index (Phi) is 4.09. The number of nitrogen functional groups attached to an aromatic ring is 1. The lowest BCUT2D eigenvalue weighted by Crippen LogP contribution is -2.12. The van der Waals surface area contributed by atoms with E-state index in [2.05, 4.69) is 4.98 Å². The lowest BCUT2D eigenvalue weighted by molar-refractivity contribution is 0.299. The number of nitrogens with zero attached hydrogens (tertiary/aromatic N) is 4. The van der Waals surface area contributed by atoms with Crippen molar-refractivity contribution in [2.45, 2.75) is 6.54 Å². The Morgan fingerprint density at radius 2 is 2.15 bits per heavy atom. The number of nitriles is 2. The number of benzene rings is 1. The van der Waals surface area contributed by atoms with Gasteiger partial charge in [-0.25, -0.2) is 4.98 Å². The molecule has 0 unspecified atom stereocenters. The standard InChI is InChI=1S/C13H10ClN5O/c14-9-2-1-3-10(6-9)20-5-4-19-12(8-16)11(7-15)18-13(19)17/h1-3,6H,4-5H2,(H2,17,18). The van der Waals surface area contributed by atoms with Crippen molar-refractivity contribution < 1.29 is 4.74 Å². The first-order valence-corrected chi connectivity index (χ1v) is 6.08. The highest BCUT2D eigenvalue weighted by molar-refractivity contribution is 6.30. The third kappa shape index (κ3) is 2.82. The van der Waals surface area contributed by atoms with E-state index in [1.165, 1.54) is 4.57 Å². The second kappa shape index (κ2) is 5.96. The van der Waals surface area contributed by atoms with Crippen LogP contribution in [0.4, 0.5) is 5.95 Å². The minimum absolute atomic E-state index is 0.0211. The fraction of sp³-hybridized carbons (Fsp3) is 0.154. The molecule has 1 aromatic heterocycles. The lowest BCUT2D eigenvalue weighted by atomic mass is 10.3. The Morgan fingerprint density at radius 3 is 2.80 bits per heavy atom. The summed E-state index contributed by atoms with van der Waals surface area (Å²) >= 11 is 5.84. The largest absolute Gasteiger partial charge is 0.492 e. The molecule has 0 saturated carbocycles. The molecule has 0 aliphatic heterocycles. The summed E-state index contributed by atoms with van der Waals surface area (Å²) in [6.07, 6.45) is 0. The zero-order chi connectivity index (χ0) is 14.5. The number of halogens is 1. The second-order valence-corrected chi connectivity index (χ2v) is 4.28. The highest BCUT2D eigenvalue weighted by Gasteiger charge is 2.14. The molecule has 2 aromatic rings. The van der Waals surface area contributed by atoms with Crippen molar-refractivity contribution in [2.24, 2.45) is 0 Å². The summed E-state index contributed by atoms with van der Waals surface area (Å²) in [7, 11) is 0. The maximum Gasteiger partial charge on any atom is 0.202 e. The van der Waals surface area contributed by atoms with E-state index in [0.29, 0.717) is 17.3 Å². The molecule has 1 aromatic carbocycles. The van der Waals surface area contributed by atoms with Crippen molar-refractivity contribution in [3.63, 3.8) is 0 Å². The Labute approximate surface area is 120 Å². The minimum Gasteiger partial charge on any atom is -0.492 e. The molecule has 0 saturated heterocycles. The first-order valence-electron chi connectivity index (χ1n) is 5.70. The van der Waals surface area contributed by atoms with Crippen LogP contribution in [0.25, 0.3) is 0 Å². The molecule has 0 radical (unpaired) electrons. The molecule has 2 N–H and O–H groups in total. The van der Waals surface area contributed by atoms with E-state index in [4.69, 9.17) is 32.6 Å². The van der Waals surface area contributed by atoms with E-state index in [1.807, 2.05) is 12.1 Å². The van der Waals surface area contributed by atoms with Crippen LogP contribution in [0.5, 0.6) is 5.75 Å². The summed E-state index contributed by atoms with van der Waals surface area (Å²) in [6, 6.07) is 10.7. The van der Waals surface area contributed by atoms with Gasteiger partial charge in [0.1, 0.15) is 24.5 Å². The molecule has 0 amide bonds. The smallest absolute Gasteiger partial charge is 0.202 e. The van der Waals surface area contributed by atoms with Gasteiger partial charge in [-0.1, -0.05) is 17.7 Å². The van der Waals surface area contributed by atoms with Crippen LogP contribution in [-0.4, -0.2) is 16.2 Å². The van der Waals surface area contributed by atoms with Gasteiger partial charge in [-0.05, 0) is 18.2 Å². The summed E-state index contributed by atoms with van der Waals surface area (Å²) in [5, 5.41) is 18.4. The molecule has 0 atom stereocenters. The number of ether oxygens (including phenoxy) is 1. The maximum atomic E-state index is 9.02. The Balaban J connectivity index is 2.07. The summed E-state index contributed by atoms with van der Waals surface area (Å²) in [4.78, 5) is 3.82. The monoisotopic (exact) mass is 287 g/mol. The Hall–Kier alpha value is -2.70. The number of nitrogens with two attached hydrogens (primary N) is 1. The fourth-order valence-electron chi connectivity index (χ4n) is 1.70. The molecular weight excluding hydrogens is 278 g/mol. The minimum atomic E-state index is 0.0211. The molecule has 20 heavy (non-hydrogen) atoms. The van der Waals surface area contributed by atoms with Gasteiger partial charge >= 0.3 is 0 Å². The molecule has 0 bridgehead atoms. The lowest BCUT2D eigenvalue weighted by Gasteiger charge is -2.08. The van der Waals surface area contributed by atoms with Crippen LogP contribution < -0.4 is 10.5 Å². The third-order valence-corrected chi connectivity index (χ3v) is 2.82. The van der Waals surface area contributed by atoms with Gasteiger partial charge in [-0.3, -0.25) is 4.57 Å². The number of hydrogen-bond acceptors (Lipinski definition) is 5. The molecule has 0 aliphatic carbocycles. The SMILES string of the molecule is N#Cc1nc(N)n(CCOc2cccc(Cl)c2)c1C#N. The van der Waals surface area contributed by atoms with E-state index in [-0.39, 0.29) is 23.9 Å². The number of rotatable bonds is 4. The molecule has 6 nitrogen and oxygen atoms in total. The zero-order valence-electron chi connectivity index (χ0n) is 10.4. The average molecular weight is 288 g/mol. The van der Waals surface area contributed by atoms with Crippen LogP contribution in [0.2, 0.25) is 5.02 Å². The first kappa shape index (κ1) is 13.7. The van der Waals surface area contributed by atoms with E-state index in [1.54, 1.807) is 24.3 Å². The second-order valence-electron chi connectivity index (χ2n) is 3.85. The normalized spacial score (nSPS) is 9.75. The van der Waals surface area contributed by atoms with Crippen molar-refractivity contribution >= 4 is 17.5 Å².